The normalized spacial score (nSPS) is 13.1. The minimum absolute atomic E-state index is 0.0477. The van der Waals surface area contributed by atoms with Crippen LogP contribution in [-0.2, 0) is 27.5 Å². The monoisotopic (exact) mass is 550 g/mol. The van der Waals surface area contributed by atoms with Crippen LogP contribution in [0.4, 0.5) is 17.6 Å². The Hall–Kier alpha value is -3.84. The molecule has 1 atom stereocenters. The van der Waals surface area contributed by atoms with Crippen molar-refractivity contribution in [3.05, 3.63) is 78.0 Å². The highest BCUT2D eigenvalue weighted by atomic mass is 32.2. The summed E-state index contributed by atoms with van der Waals surface area (Å²) in [5, 5.41) is 2.46. The Kier molecular flexibility index (Phi) is 7.51. The number of furan rings is 1. The largest absolute Gasteiger partial charge is 0.443 e. The summed E-state index contributed by atoms with van der Waals surface area (Å²) in [5.41, 5.74) is 0.536. The average Bonchev–Trinajstić information content (AvgIpc) is 3.31. The van der Waals surface area contributed by atoms with Gasteiger partial charge in [0.25, 0.3) is 10.0 Å². The zero-order valence-corrected chi connectivity index (χ0v) is 21.0. The lowest BCUT2D eigenvalue weighted by Crippen LogP contribution is -2.47. The molecule has 0 fully saturated rings. The molecule has 0 saturated carbocycles. The lowest BCUT2D eigenvalue weighted by molar-refractivity contribution is -0.137. The molecule has 0 aliphatic rings. The molecular weight excluding hydrogens is 528 g/mol. The molecule has 1 N–H and O–H groups in total. The molecule has 38 heavy (non-hydrogen) atoms. The predicted octanol–water partition coefficient (Wildman–Crippen LogP) is 4.76. The Morgan fingerprint density at radius 2 is 1.79 bits per heavy atom. The Balaban J connectivity index is 1.46. The van der Waals surface area contributed by atoms with Crippen LogP contribution < -0.4 is 5.32 Å². The van der Waals surface area contributed by atoms with Crippen molar-refractivity contribution in [2.45, 2.75) is 37.7 Å². The number of carbonyl (C=O) groups is 1. The fourth-order valence-corrected chi connectivity index (χ4v) is 5.38. The number of nitrogens with zero attached hydrogens (tertiary/aromatic N) is 3. The molecule has 4 aromatic rings. The number of hydrogen-bond acceptors (Lipinski definition) is 6. The fourth-order valence-electron chi connectivity index (χ4n) is 3.82. The average molecular weight is 551 g/mol. The van der Waals surface area contributed by atoms with Crippen LogP contribution in [0.3, 0.4) is 0 Å². The molecule has 0 saturated heterocycles. The number of benzene rings is 2. The molecule has 0 radical (unpaired) electrons. The number of carbonyl (C=O) groups excluding carboxylic acids is 1. The molecule has 1 amide bonds. The van der Waals surface area contributed by atoms with Gasteiger partial charge in [0.2, 0.25) is 11.0 Å². The van der Waals surface area contributed by atoms with Gasteiger partial charge in [0.1, 0.15) is 23.8 Å². The summed E-state index contributed by atoms with van der Waals surface area (Å²) in [4.78, 5) is 21.0. The third-order valence-corrected chi connectivity index (χ3v) is 7.72. The van der Waals surface area contributed by atoms with Crippen molar-refractivity contribution in [3.8, 4) is 11.3 Å². The number of rotatable bonds is 8. The van der Waals surface area contributed by atoms with Gasteiger partial charge in [-0.2, -0.15) is 17.5 Å². The summed E-state index contributed by atoms with van der Waals surface area (Å²) in [7, 11) is -4.23. The number of aromatic nitrogens is 2. The van der Waals surface area contributed by atoms with Crippen molar-refractivity contribution in [2.24, 2.45) is 0 Å². The minimum Gasteiger partial charge on any atom is -0.443 e. The first kappa shape index (κ1) is 27.2. The van der Waals surface area contributed by atoms with Gasteiger partial charge in [-0.15, -0.1) is 0 Å². The molecular formula is C25H22F4N4O4S. The third-order valence-electron chi connectivity index (χ3n) is 5.82. The van der Waals surface area contributed by atoms with Crippen molar-refractivity contribution in [1.29, 1.82) is 0 Å². The summed E-state index contributed by atoms with van der Waals surface area (Å²) in [6.45, 7) is 2.84. The van der Waals surface area contributed by atoms with Crippen molar-refractivity contribution >= 4 is 26.9 Å². The highest BCUT2D eigenvalue weighted by Crippen LogP contribution is 2.31. The van der Waals surface area contributed by atoms with Crippen LogP contribution in [0.1, 0.15) is 25.1 Å². The molecule has 0 unspecified atom stereocenters. The van der Waals surface area contributed by atoms with Crippen LogP contribution >= 0.6 is 0 Å². The summed E-state index contributed by atoms with van der Waals surface area (Å²) >= 11 is 0. The zero-order chi connectivity index (χ0) is 27.7. The van der Waals surface area contributed by atoms with Gasteiger partial charge in [-0.25, -0.2) is 22.8 Å². The van der Waals surface area contributed by atoms with Gasteiger partial charge in [0.15, 0.2) is 0 Å². The number of likely N-dealkylation sites (N-methyl/N-ethyl adjacent to an activating group) is 1. The maximum absolute atomic E-state index is 13.5. The van der Waals surface area contributed by atoms with Gasteiger partial charge in [-0.1, -0.05) is 19.1 Å². The topological polar surface area (TPSA) is 105 Å². The van der Waals surface area contributed by atoms with E-state index in [4.69, 9.17) is 4.42 Å². The van der Waals surface area contributed by atoms with Gasteiger partial charge >= 0.3 is 6.18 Å². The predicted molar refractivity (Wildman–Crippen MR) is 130 cm³/mol. The molecule has 2 heterocycles. The lowest BCUT2D eigenvalue weighted by atomic mass is 10.1. The molecule has 0 aliphatic carbocycles. The Morgan fingerprint density at radius 3 is 2.45 bits per heavy atom. The molecule has 200 valence electrons. The third kappa shape index (κ3) is 5.68. The minimum atomic E-state index is -4.46. The van der Waals surface area contributed by atoms with E-state index in [-0.39, 0.29) is 24.1 Å². The number of halogens is 4. The molecule has 0 spiro atoms. The van der Waals surface area contributed by atoms with Crippen LogP contribution in [0.5, 0.6) is 0 Å². The number of fused-ring (bicyclic) bond motifs is 1. The SMILES string of the molecule is CCN([C@@H](C)C(=O)NCc1cc(-c2ccc(C(F)(F)F)cc2)ncn1)S(=O)(=O)c1cc2cc(F)ccc2o1. The van der Waals surface area contributed by atoms with Gasteiger partial charge < -0.3 is 9.73 Å². The summed E-state index contributed by atoms with van der Waals surface area (Å²) in [6, 6.07) is 9.63. The molecule has 0 aliphatic heterocycles. The van der Waals surface area contributed by atoms with E-state index in [2.05, 4.69) is 15.3 Å². The molecule has 2 aromatic carbocycles. The van der Waals surface area contributed by atoms with Gasteiger partial charge in [0.05, 0.1) is 23.5 Å². The lowest BCUT2D eigenvalue weighted by Gasteiger charge is -2.25. The first-order valence-corrected chi connectivity index (χ1v) is 12.8. The highest BCUT2D eigenvalue weighted by molar-refractivity contribution is 7.89. The van der Waals surface area contributed by atoms with Gasteiger partial charge in [-0.05, 0) is 43.3 Å². The van der Waals surface area contributed by atoms with Crippen molar-refractivity contribution < 1.29 is 35.2 Å². The van der Waals surface area contributed by atoms with E-state index >= 15 is 0 Å². The second kappa shape index (κ2) is 10.5. The first-order chi connectivity index (χ1) is 17.9. The maximum atomic E-state index is 13.5. The van der Waals surface area contributed by atoms with Gasteiger partial charge in [0, 0.05) is 23.6 Å². The molecule has 0 bridgehead atoms. The quantitative estimate of drug-likeness (QED) is 0.317. The van der Waals surface area contributed by atoms with Crippen molar-refractivity contribution in [2.75, 3.05) is 6.54 Å². The Morgan fingerprint density at radius 1 is 1.08 bits per heavy atom. The summed E-state index contributed by atoms with van der Waals surface area (Å²) in [6.07, 6.45) is -3.25. The first-order valence-electron chi connectivity index (χ1n) is 11.4. The number of nitrogens with one attached hydrogen (secondary N) is 1. The van der Waals surface area contributed by atoms with Crippen LogP contribution in [-0.4, -0.2) is 41.2 Å². The number of amides is 1. The molecule has 8 nitrogen and oxygen atoms in total. The summed E-state index contributed by atoms with van der Waals surface area (Å²) in [5.74, 6) is -1.17. The standard InChI is InChI=1S/C25H22F4N4O4S/c1-3-33(38(35,36)23-11-17-10-19(26)8-9-22(17)37-23)15(2)24(34)30-13-20-12-21(32-14-31-20)16-4-6-18(7-5-16)25(27,28)29/h4-12,14-15H,3,13H2,1-2H3,(H,30,34)/t15-/m0/s1. The zero-order valence-electron chi connectivity index (χ0n) is 20.2. The Labute approximate surface area is 215 Å². The Bertz CT molecular complexity index is 1570. The smallest absolute Gasteiger partial charge is 0.416 e. The van der Waals surface area contributed by atoms with E-state index in [1.807, 2.05) is 0 Å². The van der Waals surface area contributed by atoms with Crippen molar-refractivity contribution in [3.63, 3.8) is 0 Å². The maximum Gasteiger partial charge on any atom is 0.416 e. The molecule has 4 rings (SSSR count). The van der Waals surface area contributed by atoms with E-state index in [1.165, 1.54) is 43.6 Å². The van der Waals surface area contributed by atoms with E-state index < -0.39 is 44.6 Å². The van der Waals surface area contributed by atoms with E-state index in [1.54, 1.807) is 6.92 Å². The second-order valence-corrected chi connectivity index (χ2v) is 10.1. The highest BCUT2D eigenvalue weighted by Gasteiger charge is 2.34. The van der Waals surface area contributed by atoms with E-state index in [0.717, 1.165) is 28.6 Å². The van der Waals surface area contributed by atoms with E-state index in [9.17, 15) is 30.8 Å². The number of alkyl halides is 3. The number of hydrogen-bond donors (Lipinski definition) is 1. The van der Waals surface area contributed by atoms with Crippen LogP contribution in [0.2, 0.25) is 0 Å². The van der Waals surface area contributed by atoms with Crippen molar-refractivity contribution in [1.82, 2.24) is 19.6 Å². The second-order valence-electron chi connectivity index (χ2n) is 8.32. The molecule has 2 aromatic heterocycles. The fraction of sp³-hybridized carbons (Fsp3) is 0.240. The van der Waals surface area contributed by atoms with Gasteiger partial charge in [-0.3, -0.25) is 4.79 Å². The van der Waals surface area contributed by atoms with Crippen LogP contribution in [0.25, 0.3) is 22.2 Å². The summed E-state index contributed by atoms with van der Waals surface area (Å²) < 4.78 is 84.7. The molecule has 13 heteroatoms. The van der Waals surface area contributed by atoms with Crippen LogP contribution in [0, 0.1) is 5.82 Å². The van der Waals surface area contributed by atoms with Crippen LogP contribution in [0.15, 0.2) is 70.4 Å². The number of sulfonamides is 1. The van der Waals surface area contributed by atoms with E-state index in [0.29, 0.717) is 17.0 Å².